The van der Waals surface area contributed by atoms with E-state index in [-0.39, 0.29) is 23.8 Å². The second-order valence-electron chi connectivity index (χ2n) is 8.29. The molecule has 0 saturated carbocycles. The summed E-state index contributed by atoms with van der Waals surface area (Å²) in [7, 11) is 0. The van der Waals surface area contributed by atoms with E-state index < -0.39 is 17.8 Å². The van der Waals surface area contributed by atoms with Crippen LogP contribution in [0, 0.1) is 13.8 Å². The second kappa shape index (κ2) is 9.57. The summed E-state index contributed by atoms with van der Waals surface area (Å²) < 4.78 is 46.0. The lowest BCUT2D eigenvalue weighted by Gasteiger charge is -2.26. The first-order chi connectivity index (χ1) is 16.2. The van der Waals surface area contributed by atoms with Gasteiger partial charge in [-0.05, 0) is 45.7 Å². The molecule has 0 radical (unpaired) electrons. The standard InChI is InChI=1S/C23H27F3N6O2/c1-4-32-21-18(12-28-32)20(31-15-7-9-34-10-8-15)17(14(3)30-21)11-27-22(33)16-5-6-19(23(24,25)26)29-13(16)2/h5-6,12,15H,4,7-11H2,1-3H3,(H,27,33)(H,30,31). The number of hydrogen-bond donors (Lipinski definition) is 2. The van der Waals surface area contributed by atoms with E-state index >= 15 is 0 Å². The summed E-state index contributed by atoms with van der Waals surface area (Å²) >= 11 is 0. The highest BCUT2D eigenvalue weighted by Gasteiger charge is 2.33. The fourth-order valence-corrected chi connectivity index (χ4v) is 4.12. The number of amides is 1. The maximum Gasteiger partial charge on any atom is 0.433 e. The molecule has 0 spiro atoms. The Hall–Kier alpha value is -3.21. The lowest BCUT2D eigenvalue weighted by molar-refractivity contribution is -0.141. The van der Waals surface area contributed by atoms with Crippen LogP contribution < -0.4 is 10.6 Å². The fourth-order valence-electron chi connectivity index (χ4n) is 4.12. The molecular formula is C23H27F3N6O2. The van der Waals surface area contributed by atoms with Gasteiger partial charge in [-0.3, -0.25) is 4.79 Å². The van der Waals surface area contributed by atoms with E-state index in [1.807, 2.05) is 18.5 Å². The zero-order valence-corrected chi connectivity index (χ0v) is 19.3. The molecule has 34 heavy (non-hydrogen) atoms. The second-order valence-corrected chi connectivity index (χ2v) is 8.29. The molecule has 1 aliphatic rings. The van der Waals surface area contributed by atoms with Gasteiger partial charge >= 0.3 is 6.18 Å². The summed E-state index contributed by atoms with van der Waals surface area (Å²) in [5, 5.41) is 11.7. The van der Waals surface area contributed by atoms with Crippen molar-refractivity contribution in [3.8, 4) is 0 Å². The average molecular weight is 477 g/mol. The lowest BCUT2D eigenvalue weighted by Crippen LogP contribution is -2.30. The molecule has 3 aromatic rings. The van der Waals surface area contributed by atoms with Crippen LogP contribution in [0.25, 0.3) is 11.0 Å². The van der Waals surface area contributed by atoms with Crippen LogP contribution in [0.3, 0.4) is 0 Å². The zero-order valence-electron chi connectivity index (χ0n) is 19.3. The summed E-state index contributed by atoms with van der Waals surface area (Å²) in [6, 6.07) is 2.18. The monoisotopic (exact) mass is 476 g/mol. The number of nitrogens with one attached hydrogen (secondary N) is 2. The number of halogens is 3. The molecule has 1 saturated heterocycles. The van der Waals surface area contributed by atoms with Crippen molar-refractivity contribution < 1.29 is 22.7 Å². The zero-order chi connectivity index (χ0) is 24.5. The predicted molar refractivity (Wildman–Crippen MR) is 121 cm³/mol. The van der Waals surface area contributed by atoms with Gasteiger partial charge < -0.3 is 15.4 Å². The highest BCUT2D eigenvalue weighted by atomic mass is 19.4. The summed E-state index contributed by atoms with van der Waals surface area (Å²) in [5.41, 5.74) is 2.24. The van der Waals surface area contributed by atoms with Crippen LogP contribution in [0.4, 0.5) is 18.9 Å². The van der Waals surface area contributed by atoms with Gasteiger partial charge in [0, 0.05) is 43.6 Å². The number of carbonyl (C=O) groups excluding carboxylic acids is 1. The van der Waals surface area contributed by atoms with Crippen LogP contribution in [0.2, 0.25) is 0 Å². The molecule has 1 fully saturated rings. The van der Waals surface area contributed by atoms with E-state index in [0.29, 0.717) is 19.8 Å². The smallest absolute Gasteiger partial charge is 0.381 e. The van der Waals surface area contributed by atoms with Crippen molar-refractivity contribution in [3.63, 3.8) is 0 Å². The Labute approximate surface area is 194 Å². The van der Waals surface area contributed by atoms with Crippen molar-refractivity contribution in [2.75, 3.05) is 18.5 Å². The van der Waals surface area contributed by atoms with Gasteiger partial charge in [-0.1, -0.05) is 0 Å². The SMILES string of the molecule is CCn1ncc2c(NC3CCOCC3)c(CNC(=O)c3ccc(C(F)(F)F)nc3C)c(C)nc21. The summed E-state index contributed by atoms with van der Waals surface area (Å²) in [6.07, 6.45) is -1.09. The Morgan fingerprint density at radius 2 is 1.91 bits per heavy atom. The third kappa shape index (κ3) is 4.84. The predicted octanol–water partition coefficient (Wildman–Crippen LogP) is 4.00. The van der Waals surface area contributed by atoms with Crippen molar-refractivity contribution in [2.45, 2.75) is 58.9 Å². The molecule has 0 aromatic carbocycles. The molecule has 3 aromatic heterocycles. The largest absolute Gasteiger partial charge is 0.433 e. The van der Waals surface area contributed by atoms with E-state index in [1.54, 1.807) is 6.20 Å². The number of anilines is 1. The number of ether oxygens (including phenoxy) is 1. The Morgan fingerprint density at radius 1 is 1.18 bits per heavy atom. The molecule has 8 nitrogen and oxygen atoms in total. The maximum absolute atomic E-state index is 12.9. The van der Waals surface area contributed by atoms with Gasteiger partial charge in [-0.25, -0.2) is 14.6 Å². The van der Waals surface area contributed by atoms with Crippen molar-refractivity contribution in [3.05, 3.63) is 46.5 Å². The molecule has 0 aliphatic carbocycles. The first-order valence-electron chi connectivity index (χ1n) is 11.2. The van der Waals surface area contributed by atoms with Gasteiger partial charge in [0.05, 0.1) is 28.5 Å². The van der Waals surface area contributed by atoms with Crippen molar-refractivity contribution in [1.29, 1.82) is 0 Å². The molecule has 0 bridgehead atoms. The summed E-state index contributed by atoms with van der Waals surface area (Å²) in [6.45, 7) is 7.41. The van der Waals surface area contributed by atoms with E-state index in [9.17, 15) is 18.0 Å². The maximum atomic E-state index is 12.9. The van der Waals surface area contributed by atoms with Crippen LogP contribution in [-0.4, -0.2) is 44.9 Å². The number of hydrogen-bond acceptors (Lipinski definition) is 6. The van der Waals surface area contributed by atoms with Crippen LogP contribution in [0.5, 0.6) is 0 Å². The fraction of sp³-hybridized carbons (Fsp3) is 0.478. The highest BCUT2D eigenvalue weighted by molar-refractivity contribution is 5.96. The van der Waals surface area contributed by atoms with Gasteiger partial charge in [0.1, 0.15) is 5.69 Å². The number of fused-ring (bicyclic) bond motifs is 1. The van der Waals surface area contributed by atoms with Crippen LogP contribution >= 0.6 is 0 Å². The minimum absolute atomic E-state index is 0.0161. The van der Waals surface area contributed by atoms with Crippen molar-refractivity contribution in [1.82, 2.24) is 25.1 Å². The Morgan fingerprint density at radius 3 is 2.56 bits per heavy atom. The van der Waals surface area contributed by atoms with Crippen LogP contribution in [-0.2, 0) is 24.0 Å². The van der Waals surface area contributed by atoms with Gasteiger partial charge in [0.25, 0.3) is 5.91 Å². The summed E-state index contributed by atoms with van der Waals surface area (Å²) in [4.78, 5) is 21.1. The molecule has 0 unspecified atom stereocenters. The third-order valence-corrected chi connectivity index (χ3v) is 6.01. The lowest BCUT2D eigenvalue weighted by atomic mass is 10.0. The first kappa shape index (κ1) is 23.9. The minimum atomic E-state index is -4.56. The quantitative estimate of drug-likeness (QED) is 0.559. The molecule has 4 heterocycles. The molecule has 2 N–H and O–H groups in total. The van der Waals surface area contributed by atoms with E-state index in [4.69, 9.17) is 9.72 Å². The number of nitrogens with zero attached hydrogens (tertiary/aromatic N) is 4. The molecule has 0 atom stereocenters. The molecule has 182 valence electrons. The first-order valence-corrected chi connectivity index (χ1v) is 11.2. The van der Waals surface area contributed by atoms with Crippen LogP contribution in [0.15, 0.2) is 18.3 Å². The number of rotatable bonds is 6. The van der Waals surface area contributed by atoms with E-state index in [1.165, 1.54) is 6.92 Å². The molecule has 11 heteroatoms. The Balaban J connectivity index is 1.62. The number of alkyl halides is 3. The average Bonchev–Trinajstić information content (AvgIpc) is 3.21. The molecule has 1 amide bonds. The summed E-state index contributed by atoms with van der Waals surface area (Å²) in [5.74, 6) is -0.500. The Kier molecular flexibility index (Phi) is 6.74. The normalized spacial score (nSPS) is 15.0. The number of pyridine rings is 2. The van der Waals surface area contributed by atoms with Crippen molar-refractivity contribution >= 4 is 22.6 Å². The Bertz CT molecular complexity index is 1200. The van der Waals surface area contributed by atoms with Crippen molar-refractivity contribution in [2.24, 2.45) is 0 Å². The third-order valence-electron chi connectivity index (χ3n) is 6.01. The minimum Gasteiger partial charge on any atom is -0.381 e. The van der Waals surface area contributed by atoms with E-state index in [2.05, 4.69) is 20.7 Å². The van der Waals surface area contributed by atoms with Gasteiger partial charge in [0.15, 0.2) is 5.65 Å². The number of aryl methyl sites for hydroxylation is 3. The number of aromatic nitrogens is 4. The van der Waals surface area contributed by atoms with E-state index in [0.717, 1.165) is 53.0 Å². The molecule has 1 aliphatic heterocycles. The topological polar surface area (TPSA) is 94.0 Å². The molecule has 4 rings (SSSR count). The van der Waals surface area contributed by atoms with Gasteiger partial charge in [0.2, 0.25) is 0 Å². The van der Waals surface area contributed by atoms with Gasteiger partial charge in [-0.15, -0.1) is 0 Å². The van der Waals surface area contributed by atoms with Gasteiger partial charge in [-0.2, -0.15) is 18.3 Å². The van der Waals surface area contributed by atoms with Crippen LogP contribution in [0.1, 0.15) is 52.8 Å². The molecular weight excluding hydrogens is 449 g/mol. The highest BCUT2D eigenvalue weighted by Crippen LogP contribution is 2.31. The number of carbonyl (C=O) groups is 1.